The summed E-state index contributed by atoms with van der Waals surface area (Å²) in [6, 6.07) is -0.670. The van der Waals surface area contributed by atoms with Crippen molar-refractivity contribution >= 4 is 12.0 Å². The maximum Gasteiger partial charge on any atom is 0.326 e. The molecule has 1 saturated carbocycles. The third kappa shape index (κ3) is 5.49. The van der Waals surface area contributed by atoms with Crippen molar-refractivity contribution < 1.29 is 14.7 Å². The van der Waals surface area contributed by atoms with Crippen LogP contribution in [0.25, 0.3) is 0 Å². The number of urea groups is 1. The summed E-state index contributed by atoms with van der Waals surface area (Å²) in [4.78, 5) is 25.1. The van der Waals surface area contributed by atoms with Gasteiger partial charge in [0.05, 0.1) is 0 Å². The van der Waals surface area contributed by atoms with E-state index in [1.165, 1.54) is 0 Å². The van der Waals surface area contributed by atoms with Gasteiger partial charge < -0.3 is 15.3 Å². The van der Waals surface area contributed by atoms with Crippen LogP contribution in [-0.4, -0.2) is 40.6 Å². The van der Waals surface area contributed by atoms with E-state index in [0.29, 0.717) is 24.9 Å². The van der Waals surface area contributed by atoms with E-state index in [1.54, 1.807) is 0 Å². The summed E-state index contributed by atoms with van der Waals surface area (Å²) in [5.41, 5.74) is 0. The fraction of sp³-hybridized carbons (Fsp3) is 0.857. The summed E-state index contributed by atoms with van der Waals surface area (Å²) < 4.78 is 0. The summed E-state index contributed by atoms with van der Waals surface area (Å²) >= 11 is 0. The van der Waals surface area contributed by atoms with Crippen LogP contribution in [0.2, 0.25) is 0 Å². The lowest BCUT2D eigenvalue weighted by molar-refractivity contribution is -0.139. The largest absolute Gasteiger partial charge is 0.480 e. The van der Waals surface area contributed by atoms with Crippen LogP contribution in [0.4, 0.5) is 4.79 Å². The Morgan fingerprint density at radius 1 is 1.32 bits per heavy atom. The van der Waals surface area contributed by atoms with Crippen molar-refractivity contribution in [3.05, 3.63) is 0 Å². The van der Waals surface area contributed by atoms with E-state index in [2.05, 4.69) is 19.2 Å². The molecule has 2 N–H and O–H groups in total. The van der Waals surface area contributed by atoms with Gasteiger partial charge in [-0.15, -0.1) is 0 Å². The van der Waals surface area contributed by atoms with Gasteiger partial charge in [0.25, 0.3) is 0 Å². The van der Waals surface area contributed by atoms with Crippen LogP contribution >= 0.6 is 0 Å². The fourth-order valence-corrected chi connectivity index (χ4v) is 2.01. The van der Waals surface area contributed by atoms with Crippen molar-refractivity contribution in [2.45, 2.75) is 65.0 Å². The zero-order valence-electron chi connectivity index (χ0n) is 12.2. The van der Waals surface area contributed by atoms with Crippen molar-refractivity contribution in [1.82, 2.24) is 10.2 Å². The lowest BCUT2D eigenvalue weighted by Crippen LogP contribution is -2.49. The average molecular weight is 270 g/mol. The molecule has 0 heterocycles. The van der Waals surface area contributed by atoms with Crippen LogP contribution in [-0.2, 0) is 4.79 Å². The Kier molecular flexibility index (Phi) is 6.12. The minimum atomic E-state index is -0.949. The van der Waals surface area contributed by atoms with Crippen LogP contribution in [0.15, 0.2) is 0 Å². The quantitative estimate of drug-likeness (QED) is 0.712. The van der Waals surface area contributed by atoms with E-state index >= 15 is 0 Å². The number of rotatable bonds is 8. The first-order chi connectivity index (χ1) is 8.95. The van der Waals surface area contributed by atoms with Gasteiger partial charge in [0.2, 0.25) is 0 Å². The molecule has 0 aromatic heterocycles. The van der Waals surface area contributed by atoms with E-state index in [0.717, 1.165) is 25.7 Å². The molecular weight excluding hydrogens is 244 g/mol. The molecule has 1 atom stereocenters. The monoisotopic (exact) mass is 270 g/mol. The fourth-order valence-electron chi connectivity index (χ4n) is 2.01. The molecule has 0 bridgehead atoms. The highest BCUT2D eigenvalue weighted by molar-refractivity contribution is 5.82. The van der Waals surface area contributed by atoms with Crippen LogP contribution in [0.5, 0.6) is 0 Å². The number of hydrogen-bond acceptors (Lipinski definition) is 2. The van der Waals surface area contributed by atoms with E-state index in [-0.39, 0.29) is 6.03 Å². The van der Waals surface area contributed by atoms with Gasteiger partial charge in [0.1, 0.15) is 6.04 Å². The number of nitrogens with zero attached hydrogens (tertiary/aromatic N) is 1. The number of carboxylic acid groups (broad SMARTS) is 1. The summed E-state index contributed by atoms with van der Waals surface area (Å²) in [5.74, 6) is -0.408. The minimum absolute atomic E-state index is 0.219. The molecule has 110 valence electrons. The lowest BCUT2D eigenvalue weighted by atomic mass is 10.1. The Morgan fingerprint density at radius 3 is 2.37 bits per heavy atom. The topological polar surface area (TPSA) is 69.6 Å². The Balaban J connectivity index is 2.53. The number of carbonyl (C=O) groups excluding carboxylic acids is 1. The number of carbonyl (C=O) groups is 2. The van der Waals surface area contributed by atoms with Gasteiger partial charge in [-0.25, -0.2) is 9.59 Å². The smallest absolute Gasteiger partial charge is 0.326 e. The molecule has 1 aliphatic rings. The van der Waals surface area contributed by atoms with Gasteiger partial charge in [-0.2, -0.15) is 0 Å². The molecule has 19 heavy (non-hydrogen) atoms. The second-order valence-electron chi connectivity index (χ2n) is 5.74. The summed E-state index contributed by atoms with van der Waals surface area (Å²) in [5, 5.41) is 11.7. The zero-order valence-corrected chi connectivity index (χ0v) is 12.2. The van der Waals surface area contributed by atoms with Gasteiger partial charge in [0, 0.05) is 12.6 Å². The van der Waals surface area contributed by atoms with Crippen molar-refractivity contribution in [2.24, 2.45) is 5.92 Å². The molecule has 1 aliphatic carbocycles. The number of amides is 2. The minimum Gasteiger partial charge on any atom is -0.480 e. The van der Waals surface area contributed by atoms with Crippen LogP contribution in [0.1, 0.15) is 52.9 Å². The highest BCUT2D eigenvalue weighted by Crippen LogP contribution is 2.27. The van der Waals surface area contributed by atoms with Gasteiger partial charge in [-0.3, -0.25) is 0 Å². The van der Waals surface area contributed by atoms with Crippen molar-refractivity contribution in [3.63, 3.8) is 0 Å². The number of aliphatic carboxylic acids is 1. The van der Waals surface area contributed by atoms with Gasteiger partial charge >= 0.3 is 12.0 Å². The number of nitrogens with one attached hydrogen (secondary N) is 1. The van der Waals surface area contributed by atoms with E-state index in [1.807, 2.05) is 11.8 Å². The molecule has 0 radical (unpaired) electrons. The predicted molar refractivity (Wildman–Crippen MR) is 74.0 cm³/mol. The van der Waals surface area contributed by atoms with Crippen molar-refractivity contribution in [3.8, 4) is 0 Å². The molecule has 2 amide bonds. The highest BCUT2D eigenvalue weighted by atomic mass is 16.4. The van der Waals surface area contributed by atoms with Gasteiger partial charge in [-0.1, -0.05) is 27.2 Å². The molecule has 5 heteroatoms. The normalized spacial score (nSPS) is 16.2. The van der Waals surface area contributed by atoms with Crippen LogP contribution < -0.4 is 5.32 Å². The molecule has 0 spiro atoms. The van der Waals surface area contributed by atoms with Crippen LogP contribution in [0.3, 0.4) is 0 Å². The molecular formula is C14H26N2O3. The Labute approximate surface area is 115 Å². The average Bonchev–Trinajstić information content (AvgIpc) is 3.12. The summed E-state index contributed by atoms with van der Waals surface area (Å²) in [6.07, 6.45) is 4.25. The molecule has 0 aliphatic heterocycles. The first kappa shape index (κ1) is 15.8. The Morgan fingerprint density at radius 2 is 1.95 bits per heavy atom. The summed E-state index contributed by atoms with van der Waals surface area (Å²) in [7, 11) is 0. The van der Waals surface area contributed by atoms with Crippen molar-refractivity contribution in [1.29, 1.82) is 0 Å². The Hall–Kier alpha value is -1.26. The third-order valence-corrected chi connectivity index (χ3v) is 3.37. The number of carboxylic acids is 1. The first-order valence-corrected chi connectivity index (χ1v) is 7.25. The Bertz CT molecular complexity index is 314. The zero-order chi connectivity index (χ0) is 14.4. The summed E-state index contributed by atoms with van der Waals surface area (Å²) in [6.45, 7) is 6.88. The van der Waals surface area contributed by atoms with Gasteiger partial charge in [0.15, 0.2) is 0 Å². The molecule has 1 rings (SSSR count). The third-order valence-electron chi connectivity index (χ3n) is 3.37. The highest BCUT2D eigenvalue weighted by Gasteiger charge is 2.33. The molecule has 5 nitrogen and oxygen atoms in total. The lowest BCUT2D eigenvalue weighted by Gasteiger charge is -2.25. The standard InChI is InChI=1S/C14H26N2O3/c1-4-5-12(13(17)18)15-14(19)16(11-6-7-11)9-8-10(2)3/h10-12H,4-9H2,1-3H3,(H,15,19)(H,17,18). The second-order valence-corrected chi connectivity index (χ2v) is 5.74. The first-order valence-electron chi connectivity index (χ1n) is 7.25. The van der Waals surface area contributed by atoms with Crippen LogP contribution in [0, 0.1) is 5.92 Å². The van der Waals surface area contributed by atoms with E-state index < -0.39 is 12.0 Å². The molecule has 1 fully saturated rings. The maximum absolute atomic E-state index is 12.2. The van der Waals surface area contributed by atoms with Crippen molar-refractivity contribution in [2.75, 3.05) is 6.54 Å². The molecule has 0 saturated heterocycles. The van der Waals surface area contributed by atoms with E-state index in [9.17, 15) is 9.59 Å². The maximum atomic E-state index is 12.2. The SMILES string of the molecule is CCCC(NC(=O)N(CCC(C)C)C1CC1)C(=O)O. The molecule has 0 aromatic carbocycles. The molecule has 0 aromatic rings. The number of hydrogen-bond donors (Lipinski definition) is 2. The van der Waals surface area contributed by atoms with E-state index in [4.69, 9.17) is 5.11 Å². The second kappa shape index (κ2) is 7.36. The molecule has 1 unspecified atom stereocenters. The van der Waals surface area contributed by atoms with Gasteiger partial charge in [-0.05, 0) is 31.6 Å². The predicted octanol–water partition coefficient (Wildman–Crippen LogP) is 2.46.